The Bertz CT molecular complexity index is 54.8. The normalized spacial score (nSPS) is 8.67. The summed E-state index contributed by atoms with van der Waals surface area (Å²) in [5, 5.41) is 1.04. The van der Waals surface area contributed by atoms with E-state index in [2.05, 4.69) is 0 Å². The van der Waals surface area contributed by atoms with Gasteiger partial charge in [0.15, 0.2) is 0 Å². The molecule has 0 unspecified atom stereocenters. The maximum absolute atomic E-state index is 9.85. The minimum atomic E-state index is -0.164. The van der Waals surface area contributed by atoms with Crippen molar-refractivity contribution in [2.45, 2.75) is 11.7 Å². The van der Waals surface area contributed by atoms with E-state index in [1.807, 2.05) is 0 Å². The third-order valence-electron chi connectivity index (χ3n) is 0.496. The predicted octanol–water partition coefficient (Wildman–Crippen LogP) is -1.35. The van der Waals surface area contributed by atoms with Crippen molar-refractivity contribution in [2.24, 2.45) is 5.73 Å². The van der Waals surface area contributed by atoms with Gasteiger partial charge >= 0.3 is 44.6 Å². The van der Waals surface area contributed by atoms with Crippen LogP contribution in [0.15, 0.2) is 0 Å². The molecule has 0 aliphatic rings. The number of carbonyl (C=O) groups excluding carboxylic acids is 1. The summed E-state index contributed by atoms with van der Waals surface area (Å²) in [6.45, 7) is 0. The van der Waals surface area contributed by atoms with Gasteiger partial charge in [-0.2, -0.15) is 0 Å². The Labute approximate surface area is 45.3 Å². The summed E-state index contributed by atoms with van der Waals surface area (Å²) in [7, 11) is 0. The Kier molecular flexibility index (Phi) is 3.22. The van der Waals surface area contributed by atoms with Gasteiger partial charge in [0, 0.05) is 0 Å². The van der Waals surface area contributed by atoms with Crippen LogP contribution < -0.4 is 5.73 Å². The van der Waals surface area contributed by atoms with Crippen LogP contribution in [0.1, 0.15) is 6.42 Å². The number of primary amides is 1. The van der Waals surface area contributed by atoms with E-state index in [1.54, 1.807) is 0 Å². The number of hydrogen-bond acceptors (Lipinski definition) is 1. The standard InChI is InChI=1S/C3H9GeNO/c4-2-1-3(5)6/h1-2H2,4H3,(H2,5,6). The van der Waals surface area contributed by atoms with E-state index in [-0.39, 0.29) is 5.91 Å². The van der Waals surface area contributed by atoms with Crippen molar-refractivity contribution in [3.63, 3.8) is 0 Å². The van der Waals surface area contributed by atoms with E-state index >= 15 is 0 Å². The summed E-state index contributed by atoms with van der Waals surface area (Å²) < 4.78 is 0. The van der Waals surface area contributed by atoms with Crippen molar-refractivity contribution in [3.05, 3.63) is 0 Å². The van der Waals surface area contributed by atoms with Gasteiger partial charge in [0.25, 0.3) is 0 Å². The fourth-order valence-corrected chi connectivity index (χ4v) is 1.28. The van der Waals surface area contributed by atoms with Gasteiger partial charge in [0.1, 0.15) is 0 Å². The van der Waals surface area contributed by atoms with Gasteiger partial charge in [-0.25, -0.2) is 0 Å². The van der Waals surface area contributed by atoms with Gasteiger partial charge in [-0.15, -0.1) is 0 Å². The summed E-state index contributed by atoms with van der Waals surface area (Å²) in [5.41, 5.74) is 4.79. The van der Waals surface area contributed by atoms with E-state index in [0.29, 0.717) is 6.42 Å². The van der Waals surface area contributed by atoms with Crippen molar-refractivity contribution in [3.8, 4) is 0 Å². The van der Waals surface area contributed by atoms with Crippen LogP contribution in [0.5, 0.6) is 0 Å². The molecule has 1 amide bonds. The second-order valence-electron chi connectivity index (χ2n) is 1.22. The van der Waals surface area contributed by atoms with Crippen LogP contribution in [0.4, 0.5) is 0 Å². The molecule has 0 bridgehead atoms. The average Bonchev–Trinajstić information content (AvgIpc) is 1.35. The van der Waals surface area contributed by atoms with E-state index in [1.165, 1.54) is 0 Å². The molecule has 0 fully saturated rings. The molecule has 6 heavy (non-hydrogen) atoms. The van der Waals surface area contributed by atoms with Crippen LogP contribution in [-0.2, 0) is 4.79 Å². The number of nitrogens with two attached hydrogens (primary N) is 1. The van der Waals surface area contributed by atoms with Crippen LogP contribution >= 0.6 is 0 Å². The zero-order valence-corrected chi connectivity index (χ0v) is 8.10. The summed E-state index contributed by atoms with van der Waals surface area (Å²) in [5.74, 6) is -0.164. The molecule has 0 saturated carbocycles. The first kappa shape index (κ1) is 6.01. The van der Waals surface area contributed by atoms with Crippen LogP contribution in [0.25, 0.3) is 0 Å². The first-order valence-corrected chi connectivity index (χ1v) is 5.02. The summed E-state index contributed by atoms with van der Waals surface area (Å²) in [6.07, 6.45) is 0.597. The number of carbonyl (C=O) groups is 1. The fourth-order valence-electron chi connectivity index (χ4n) is 0.246. The third-order valence-corrected chi connectivity index (χ3v) is 1.55. The van der Waals surface area contributed by atoms with Crippen LogP contribution in [0, 0.1) is 0 Å². The van der Waals surface area contributed by atoms with Gasteiger partial charge in [0.2, 0.25) is 0 Å². The molecule has 0 saturated heterocycles. The van der Waals surface area contributed by atoms with E-state index < -0.39 is 0 Å². The Morgan fingerprint density at radius 1 is 1.83 bits per heavy atom. The molecular weight excluding hydrogens is 139 g/mol. The number of amides is 1. The van der Waals surface area contributed by atoms with Crippen molar-refractivity contribution in [1.82, 2.24) is 0 Å². The second kappa shape index (κ2) is 3.21. The first-order chi connectivity index (χ1) is 2.77. The molecule has 0 aromatic carbocycles. The minimum absolute atomic E-state index is 0.164. The Morgan fingerprint density at radius 2 is 2.33 bits per heavy atom. The molecule has 0 spiro atoms. The molecule has 0 aromatic heterocycles. The molecule has 0 radical (unpaired) electrons. The molecule has 2 nitrogen and oxygen atoms in total. The van der Waals surface area contributed by atoms with Crippen molar-refractivity contribution in [1.29, 1.82) is 0 Å². The van der Waals surface area contributed by atoms with E-state index in [4.69, 9.17) is 5.73 Å². The zero-order chi connectivity index (χ0) is 4.99. The van der Waals surface area contributed by atoms with Gasteiger partial charge in [-0.3, -0.25) is 0 Å². The Balaban J connectivity index is 2.83. The Hall–Kier alpha value is 0.0129. The quantitative estimate of drug-likeness (QED) is 0.483. The van der Waals surface area contributed by atoms with Crippen molar-refractivity contribution in [2.75, 3.05) is 0 Å². The Morgan fingerprint density at radius 3 is 2.33 bits per heavy atom. The van der Waals surface area contributed by atoms with E-state index in [9.17, 15) is 4.79 Å². The monoisotopic (exact) mass is 149 g/mol. The molecule has 2 N–H and O–H groups in total. The first-order valence-electron chi connectivity index (χ1n) is 2.05. The maximum atomic E-state index is 9.85. The van der Waals surface area contributed by atoms with Gasteiger partial charge in [0.05, 0.1) is 0 Å². The summed E-state index contributed by atoms with van der Waals surface area (Å²) in [4.78, 5) is 9.85. The third kappa shape index (κ3) is 4.01. The topological polar surface area (TPSA) is 43.1 Å². The molecule has 0 heterocycles. The summed E-state index contributed by atoms with van der Waals surface area (Å²) >= 11 is 0.794. The number of rotatable bonds is 2. The molecule has 0 aliphatic carbocycles. The van der Waals surface area contributed by atoms with Gasteiger partial charge < -0.3 is 0 Å². The van der Waals surface area contributed by atoms with Crippen LogP contribution in [0.2, 0.25) is 5.25 Å². The average molecular weight is 148 g/mol. The SMILES string of the molecule is NC(=O)C[CH2][GeH3]. The molecule has 3 heteroatoms. The van der Waals surface area contributed by atoms with Crippen molar-refractivity contribution < 1.29 is 4.79 Å². The summed E-state index contributed by atoms with van der Waals surface area (Å²) in [6, 6.07) is 0. The fraction of sp³-hybridized carbons (Fsp3) is 0.667. The van der Waals surface area contributed by atoms with E-state index in [0.717, 1.165) is 21.8 Å². The van der Waals surface area contributed by atoms with Gasteiger partial charge in [-0.05, 0) is 0 Å². The number of hydrogen-bond donors (Lipinski definition) is 1. The molecule has 0 aromatic rings. The van der Waals surface area contributed by atoms with Crippen LogP contribution in [0.3, 0.4) is 0 Å². The van der Waals surface area contributed by atoms with Crippen molar-refractivity contribution >= 4 is 22.4 Å². The molecule has 0 atom stereocenters. The van der Waals surface area contributed by atoms with Crippen LogP contribution in [-0.4, -0.2) is 22.4 Å². The predicted molar refractivity (Wildman–Crippen MR) is 28.6 cm³/mol. The zero-order valence-electron chi connectivity index (χ0n) is 3.90. The molecular formula is C3H9GeNO. The van der Waals surface area contributed by atoms with Gasteiger partial charge in [-0.1, -0.05) is 0 Å². The molecule has 0 aliphatic heterocycles. The second-order valence-corrected chi connectivity index (χ2v) is 3.31. The molecule has 36 valence electrons. The molecule has 0 rings (SSSR count).